The van der Waals surface area contributed by atoms with Crippen LogP contribution in [0.25, 0.3) is 0 Å². The van der Waals surface area contributed by atoms with E-state index in [9.17, 15) is 9.59 Å². The second kappa shape index (κ2) is 10.2. The quantitative estimate of drug-likeness (QED) is 0.654. The minimum atomic E-state index is -0.237. The van der Waals surface area contributed by atoms with Crippen molar-refractivity contribution < 1.29 is 23.8 Å². The Kier molecular flexibility index (Phi) is 7.39. The number of carbonyl (C=O) groups is 2. The first-order valence-electron chi connectivity index (χ1n) is 10.5. The standard InChI is InChI=1S/C24H30N2O5/c1-16(2)31-20-9-5-7-17(13-20)23(27)18-8-6-12-26(15-18)24(28)25-19-10-11-21(29-3)22(14-19)30-4/h5,7,9-11,13-14,16,18H,6,8,12,15H2,1-4H3,(H,25,28). The number of Topliss-reactive ketones (excluding diaryl/α,β-unsaturated/α-hetero) is 1. The average molecular weight is 427 g/mol. The summed E-state index contributed by atoms with van der Waals surface area (Å²) in [5.41, 5.74) is 1.22. The van der Waals surface area contributed by atoms with Crippen LogP contribution in [0, 0.1) is 5.92 Å². The summed E-state index contributed by atoms with van der Waals surface area (Å²) in [7, 11) is 3.11. The summed E-state index contributed by atoms with van der Waals surface area (Å²) in [6, 6.07) is 12.2. The topological polar surface area (TPSA) is 77.1 Å². The van der Waals surface area contributed by atoms with Crippen molar-refractivity contribution >= 4 is 17.5 Å². The summed E-state index contributed by atoms with van der Waals surface area (Å²) in [6.07, 6.45) is 1.57. The average Bonchev–Trinajstić information content (AvgIpc) is 2.78. The Hall–Kier alpha value is -3.22. The number of nitrogens with zero attached hydrogens (tertiary/aromatic N) is 1. The largest absolute Gasteiger partial charge is 0.493 e. The first kappa shape index (κ1) is 22.5. The maximum atomic E-state index is 13.1. The molecule has 1 saturated heterocycles. The fourth-order valence-corrected chi connectivity index (χ4v) is 3.72. The van der Waals surface area contributed by atoms with E-state index in [0.717, 1.165) is 12.8 Å². The van der Waals surface area contributed by atoms with Gasteiger partial charge in [0.15, 0.2) is 17.3 Å². The highest BCUT2D eigenvalue weighted by molar-refractivity contribution is 5.99. The summed E-state index contributed by atoms with van der Waals surface area (Å²) in [5.74, 6) is 1.61. The molecule has 1 N–H and O–H groups in total. The van der Waals surface area contributed by atoms with Crippen molar-refractivity contribution in [1.82, 2.24) is 4.90 Å². The predicted molar refractivity (Wildman–Crippen MR) is 119 cm³/mol. The fraction of sp³-hybridized carbons (Fsp3) is 0.417. The van der Waals surface area contributed by atoms with E-state index in [-0.39, 0.29) is 23.8 Å². The van der Waals surface area contributed by atoms with Gasteiger partial charge in [-0.25, -0.2) is 4.79 Å². The van der Waals surface area contributed by atoms with Gasteiger partial charge in [-0.1, -0.05) is 12.1 Å². The Bertz CT molecular complexity index is 928. The minimum Gasteiger partial charge on any atom is -0.493 e. The van der Waals surface area contributed by atoms with Gasteiger partial charge in [0.25, 0.3) is 0 Å². The molecule has 7 heteroatoms. The van der Waals surface area contributed by atoms with Gasteiger partial charge in [-0.05, 0) is 51.0 Å². The molecule has 2 amide bonds. The lowest BCUT2D eigenvalue weighted by atomic mass is 9.90. The van der Waals surface area contributed by atoms with E-state index in [1.54, 1.807) is 49.5 Å². The van der Waals surface area contributed by atoms with Crippen LogP contribution < -0.4 is 19.5 Å². The first-order valence-corrected chi connectivity index (χ1v) is 10.5. The van der Waals surface area contributed by atoms with Gasteiger partial charge in [-0.3, -0.25) is 4.79 Å². The van der Waals surface area contributed by atoms with Gasteiger partial charge in [0.05, 0.1) is 20.3 Å². The van der Waals surface area contributed by atoms with Crippen molar-refractivity contribution in [2.24, 2.45) is 5.92 Å². The Morgan fingerprint density at radius 3 is 2.55 bits per heavy atom. The molecule has 0 saturated carbocycles. The molecule has 2 aromatic rings. The Morgan fingerprint density at radius 1 is 1.06 bits per heavy atom. The number of anilines is 1. The Labute approximate surface area is 183 Å². The number of rotatable bonds is 7. The molecule has 0 aromatic heterocycles. The molecule has 0 radical (unpaired) electrons. The van der Waals surface area contributed by atoms with Crippen molar-refractivity contribution in [3.8, 4) is 17.2 Å². The third-order valence-electron chi connectivity index (χ3n) is 5.20. The van der Waals surface area contributed by atoms with Crippen molar-refractivity contribution in [2.45, 2.75) is 32.8 Å². The van der Waals surface area contributed by atoms with E-state index in [1.165, 1.54) is 0 Å². The van der Waals surface area contributed by atoms with Crippen LogP contribution in [-0.2, 0) is 0 Å². The van der Waals surface area contributed by atoms with Gasteiger partial charge in [0.1, 0.15) is 5.75 Å². The van der Waals surface area contributed by atoms with Crippen molar-refractivity contribution in [3.63, 3.8) is 0 Å². The third kappa shape index (κ3) is 5.69. The number of ether oxygens (including phenoxy) is 3. The van der Waals surface area contributed by atoms with Gasteiger partial charge in [0.2, 0.25) is 0 Å². The second-order valence-electron chi connectivity index (χ2n) is 7.84. The zero-order valence-electron chi connectivity index (χ0n) is 18.5. The SMILES string of the molecule is COc1ccc(NC(=O)N2CCCC(C(=O)c3cccc(OC(C)C)c3)C2)cc1OC. The van der Waals surface area contributed by atoms with Gasteiger partial charge in [0, 0.05) is 36.3 Å². The smallest absolute Gasteiger partial charge is 0.321 e. The lowest BCUT2D eigenvalue weighted by Crippen LogP contribution is -2.44. The normalized spacial score (nSPS) is 16.0. The number of carbonyl (C=O) groups excluding carboxylic acids is 2. The van der Waals surface area contributed by atoms with Gasteiger partial charge in [-0.15, -0.1) is 0 Å². The lowest BCUT2D eigenvalue weighted by molar-refractivity contribution is 0.0850. The molecule has 7 nitrogen and oxygen atoms in total. The second-order valence-corrected chi connectivity index (χ2v) is 7.84. The zero-order valence-corrected chi connectivity index (χ0v) is 18.5. The summed E-state index contributed by atoms with van der Waals surface area (Å²) in [5, 5.41) is 2.89. The number of hydrogen-bond acceptors (Lipinski definition) is 5. The molecule has 1 aliphatic rings. The van der Waals surface area contributed by atoms with Crippen LogP contribution in [-0.4, -0.2) is 50.1 Å². The Morgan fingerprint density at radius 2 is 1.84 bits per heavy atom. The van der Waals surface area contributed by atoms with Crippen LogP contribution >= 0.6 is 0 Å². The summed E-state index contributed by atoms with van der Waals surface area (Å²) < 4.78 is 16.2. The summed E-state index contributed by atoms with van der Waals surface area (Å²) >= 11 is 0. The van der Waals surface area contributed by atoms with Crippen LogP contribution in [0.2, 0.25) is 0 Å². The zero-order chi connectivity index (χ0) is 22.4. The van der Waals surface area contributed by atoms with Crippen LogP contribution in [0.4, 0.5) is 10.5 Å². The molecule has 3 rings (SSSR count). The predicted octanol–water partition coefficient (Wildman–Crippen LogP) is 4.62. The number of likely N-dealkylation sites (tertiary alicyclic amines) is 1. The highest BCUT2D eigenvalue weighted by Crippen LogP contribution is 2.30. The molecular weight excluding hydrogens is 396 g/mol. The highest BCUT2D eigenvalue weighted by Gasteiger charge is 2.29. The molecule has 1 atom stereocenters. The molecule has 0 spiro atoms. The Balaban J connectivity index is 1.66. The van der Waals surface area contributed by atoms with Crippen molar-refractivity contribution in [1.29, 1.82) is 0 Å². The van der Waals surface area contributed by atoms with E-state index in [4.69, 9.17) is 14.2 Å². The number of amides is 2. The molecule has 1 unspecified atom stereocenters. The monoisotopic (exact) mass is 426 g/mol. The lowest BCUT2D eigenvalue weighted by Gasteiger charge is -2.32. The minimum absolute atomic E-state index is 0.0378. The number of ketones is 1. The van der Waals surface area contributed by atoms with Gasteiger partial charge in [-0.2, -0.15) is 0 Å². The van der Waals surface area contributed by atoms with E-state index in [1.807, 2.05) is 26.0 Å². The number of methoxy groups -OCH3 is 2. The van der Waals surface area contributed by atoms with E-state index in [0.29, 0.717) is 41.6 Å². The third-order valence-corrected chi connectivity index (χ3v) is 5.20. The molecule has 0 bridgehead atoms. The van der Waals surface area contributed by atoms with Gasteiger partial charge >= 0.3 is 6.03 Å². The summed E-state index contributed by atoms with van der Waals surface area (Å²) in [4.78, 5) is 27.6. The van der Waals surface area contributed by atoms with E-state index >= 15 is 0 Å². The molecule has 1 aliphatic heterocycles. The van der Waals surface area contributed by atoms with E-state index < -0.39 is 0 Å². The molecule has 2 aromatic carbocycles. The fourth-order valence-electron chi connectivity index (χ4n) is 3.72. The molecular formula is C24H30N2O5. The number of hydrogen-bond donors (Lipinski definition) is 1. The molecule has 1 fully saturated rings. The summed E-state index contributed by atoms with van der Waals surface area (Å²) in [6.45, 7) is 4.89. The molecule has 166 valence electrons. The number of urea groups is 1. The van der Waals surface area contributed by atoms with E-state index in [2.05, 4.69) is 5.32 Å². The maximum absolute atomic E-state index is 13.1. The van der Waals surface area contributed by atoms with Crippen LogP contribution in [0.3, 0.4) is 0 Å². The number of benzene rings is 2. The van der Waals surface area contributed by atoms with Crippen molar-refractivity contribution in [2.75, 3.05) is 32.6 Å². The molecule has 1 heterocycles. The van der Waals surface area contributed by atoms with Crippen LogP contribution in [0.5, 0.6) is 17.2 Å². The van der Waals surface area contributed by atoms with Crippen LogP contribution in [0.15, 0.2) is 42.5 Å². The van der Waals surface area contributed by atoms with Crippen molar-refractivity contribution in [3.05, 3.63) is 48.0 Å². The van der Waals surface area contributed by atoms with Gasteiger partial charge < -0.3 is 24.4 Å². The highest BCUT2D eigenvalue weighted by atomic mass is 16.5. The first-order chi connectivity index (χ1) is 14.9. The number of nitrogens with one attached hydrogen (secondary N) is 1. The van der Waals surface area contributed by atoms with Crippen LogP contribution in [0.1, 0.15) is 37.0 Å². The number of piperidine rings is 1. The molecule has 0 aliphatic carbocycles. The molecule has 31 heavy (non-hydrogen) atoms. The maximum Gasteiger partial charge on any atom is 0.321 e.